The van der Waals surface area contributed by atoms with Crippen LogP contribution in [0.5, 0.6) is 5.75 Å². The first-order valence-electron chi connectivity index (χ1n) is 19.7. The van der Waals surface area contributed by atoms with E-state index in [9.17, 15) is 4.79 Å². The second-order valence-electron chi connectivity index (χ2n) is 19.0. The Bertz CT molecular complexity index is 1340. The fourth-order valence-corrected chi connectivity index (χ4v) is 15.7. The highest BCUT2D eigenvalue weighted by Gasteiger charge is 2.59. The van der Waals surface area contributed by atoms with E-state index >= 15 is 0 Å². The summed E-state index contributed by atoms with van der Waals surface area (Å²) in [5, 5.41) is 0.144. The second kappa shape index (κ2) is 17.4. The number of carbonyl (C=O) groups is 1. The van der Waals surface area contributed by atoms with Gasteiger partial charge < -0.3 is 9.16 Å². The van der Waals surface area contributed by atoms with Crippen molar-refractivity contribution in [1.29, 1.82) is 0 Å². The zero-order chi connectivity index (χ0) is 39.0. The van der Waals surface area contributed by atoms with E-state index in [1.807, 2.05) is 25.2 Å². The maximum Gasteiger partial charge on any atom is 0.193 e. The summed E-state index contributed by atoms with van der Waals surface area (Å²) in [5.74, 6) is 1.25. The third-order valence-corrected chi connectivity index (χ3v) is 25.9. The quantitative estimate of drug-likeness (QED) is 0.0992. The molecule has 50 heavy (non-hydrogen) atoms. The number of Topliss-reactive ketones (excluding diaryl/α,β-unsaturated/α-hetero) is 1. The SMILES string of the molecule is CC=CC(=CC=CCC(=O)C(C)(CC)CC)COc1ccccc1C(C)(C)CC(C)(CC)C(C)(CC)[Si](C)(C)OC(C)(C)[Si](C)(C)C(C)(C)C. The fourth-order valence-electron chi connectivity index (χ4n) is 8.08. The second-order valence-corrected chi connectivity index (χ2v) is 29.3. The van der Waals surface area contributed by atoms with E-state index in [1.54, 1.807) is 0 Å². The molecule has 0 amide bonds. The summed E-state index contributed by atoms with van der Waals surface area (Å²) in [6.07, 6.45) is 15.6. The molecular formula is C45H80O3Si2. The van der Waals surface area contributed by atoms with Crippen LogP contribution in [0.25, 0.3) is 0 Å². The molecule has 0 fully saturated rings. The average molecular weight is 725 g/mol. The Kier molecular flexibility index (Phi) is 16.1. The number of ether oxygens (including phenoxy) is 1. The summed E-state index contributed by atoms with van der Waals surface area (Å²) in [6.45, 7) is 45.4. The van der Waals surface area contributed by atoms with E-state index in [2.05, 4.69) is 160 Å². The lowest BCUT2D eigenvalue weighted by molar-refractivity contribution is -0.127. The van der Waals surface area contributed by atoms with Crippen molar-refractivity contribution in [3.05, 3.63) is 65.8 Å². The van der Waals surface area contributed by atoms with E-state index in [1.165, 1.54) is 5.56 Å². The van der Waals surface area contributed by atoms with Crippen LogP contribution in [0.2, 0.25) is 36.3 Å². The van der Waals surface area contributed by atoms with Crippen LogP contribution < -0.4 is 4.74 Å². The summed E-state index contributed by atoms with van der Waals surface area (Å²) in [6, 6.07) is 8.62. The van der Waals surface area contributed by atoms with Gasteiger partial charge in [-0.2, -0.15) is 0 Å². The van der Waals surface area contributed by atoms with Crippen LogP contribution in [0.4, 0.5) is 0 Å². The molecule has 5 heteroatoms. The zero-order valence-corrected chi connectivity index (χ0v) is 38.4. The van der Waals surface area contributed by atoms with Gasteiger partial charge in [-0.3, -0.25) is 4.79 Å². The third-order valence-electron chi connectivity index (χ3n) is 14.2. The predicted molar refractivity (Wildman–Crippen MR) is 227 cm³/mol. The van der Waals surface area contributed by atoms with Crippen LogP contribution in [0, 0.1) is 10.8 Å². The van der Waals surface area contributed by atoms with Crippen molar-refractivity contribution in [3.63, 3.8) is 0 Å². The Hall–Kier alpha value is -1.70. The molecule has 1 rings (SSSR count). The smallest absolute Gasteiger partial charge is 0.193 e. The first-order valence-corrected chi connectivity index (χ1v) is 25.6. The van der Waals surface area contributed by atoms with E-state index in [0.29, 0.717) is 18.8 Å². The molecule has 0 aliphatic rings. The highest BCUT2D eigenvalue weighted by molar-refractivity contribution is 6.84. The number of rotatable bonds is 20. The Morgan fingerprint density at radius 3 is 1.84 bits per heavy atom. The maximum absolute atomic E-state index is 12.8. The molecule has 0 aromatic heterocycles. The van der Waals surface area contributed by atoms with Gasteiger partial charge in [-0.1, -0.05) is 158 Å². The topological polar surface area (TPSA) is 35.5 Å². The summed E-state index contributed by atoms with van der Waals surface area (Å²) in [5.41, 5.74) is 1.99. The van der Waals surface area contributed by atoms with Crippen molar-refractivity contribution in [1.82, 2.24) is 0 Å². The molecule has 0 heterocycles. The van der Waals surface area contributed by atoms with Crippen molar-refractivity contribution in [2.45, 2.75) is 189 Å². The minimum Gasteiger partial charge on any atom is -0.489 e. The van der Waals surface area contributed by atoms with Gasteiger partial charge in [0.15, 0.2) is 8.32 Å². The van der Waals surface area contributed by atoms with Crippen LogP contribution in [0.15, 0.2) is 60.2 Å². The van der Waals surface area contributed by atoms with Crippen molar-refractivity contribution < 1.29 is 14.0 Å². The minimum absolute atomic E-state index is 0.0431. The zero-order valence-electron chi connectivity index (χ0n) is 36.4. The average Bonchev–Trinajstić information content (AvgIpc) is 3.03. The van der Waals surface area contributed by atoms with Crippen LogP contribution in [0.3, 0.4) is 0 Å². The van der Waals surface area contributed by atoms with Crippen LogP contribution in [-0.4, -0.2) is 34.0 Å². The van der Waals surface area contributed by atoms with Gasteiger partial charge in [0.05, 0.1) is 8.07 Å². The molecule has 0 radical (unpaired) electrons. The van der Waals surface area contributed by atoms with Crippen molar-refractivity contribution in [3.8, 4) is 5.75 Å². The van der Waals surface area contributed by atoms with Gasteiger partial charge in [0, 0.05) is 17.1 Å². The number of carbonyl (C=O) groups excluding carboxylic acids is 1. The number of hydrogen-bond acceptors (Lipinski definition) is 3. The van der Waals surface area contributed by atoms with Crippen LogP contribution in [0.1, 0.15) is 148 Å². The van der Waals surface area contributed by atoms with E-state index in [4.69, 9.17) is 9.16 Å². The molecule has 0 aliphatic carbocycles. The largest absolute Gasteiger partial charge is 0.489 e. The first-order chi connectivity index (χ1) is 22.7. The lowest BCUT2D eigenvalue weighted by atomic mass is 9.63. The summed E-state index contributed by atoms with van der Waals surface area (Å²) >= 11 is 0. The summed E-state index contributed by atoms with van der Waals surface area (Å²) in [4.78, 5) is 12.8. The molecule has 0 saturated carbocycles. The Morgan fingerprint density at radius 2 is 1.36 bits per heavy atom. The Labute approximate surface area is 313 Å². The molecule has 1 aromatic carbocycles. The van der Waals surface area contributed by atoms with Gasteiger partial charge in [-0.05, 0) is 91.2 Å². The van der Waals surface area contributed by atoms with Gasteiger partial charge in [0.1, 0.15) is 18.1 Å². The number of allylic oxidation sites excluding steroid dienone is 4. The predicted octanol–water partition coefficient (Wildman–Crippen LogP) is 14.2. The molecule has 0 spiro atoms. The molecule has 0 aliphatic heterocycles. The molecule has 3 nitrogen and oxygen atoms in total. The van der Waals surface area contributed by atoms with Crippen molar-refractivity contribution >= 4 is 22.2 Å². The Morgan fingerprint density at radius 1 is 0.800 bits per heavy atom. The number of ketones is 1. The Balaban J connectivity index is 3.43. The molecular weight excluding hydrogens is 645 g/mol. The summed E-state index contributed by atoms with van der Waals surface area (Å²) in [7, 11) is -4.06. The van der Waals surface area contributed by atoms with Gasteiger partial charge in [-0.15, -0.1) is 0 Å². The van der Waals surface area contributed by atoms with Gasteiger partial charge in [-0.25, -0.2) is 0 Å². The minimum atomic E-state index is -2.27. The number of para-hydroxylation sites is 1. The van der Waals surface area contributed by atoms with Gasteiger partial charge in [0.2, 0.25) is 0 Å². The summed E-state index contributed by atoms with van der Waals surface area (Å²) < 4.78 is 14.2. The van der Waals surface area contributed by atoms with Crippen molar-refractivity contribution in [2.24, 2.45) is 10.8 Å². The molecule has 2 atom stereocenters. The molecule has 2 unspecified atom stereocenters. The monoisotopic (exact) mass is 725 g/mol. The molecule has 286 valence electrons. The van der Waals surface area contributed by atoms with Crippen molar-refractivity contribution in [2.75, 3.05) is 6.61 Å². The lowest BCUT2D eigenvalue weighted by Crippen LogP contribution is -2.64. The fraction of sp³-hybridized carbons (Fsp3) is 0.711. The number of hydrogen-bond donors (Lipinski definition) is 0. The van der Waals surface area contributed by atoms with E-state index in [-0.39, 0.29) is 31.5 Å². The third kappa shape index (κ3) is 10.2. The van der Waals surface area contributed by atoms with Crippen LogP contribution in [-0.2, 0) is 14.6 Å². The van der Waals surface area contributed by atoms with Gasteiger partial charge in [0.25, 0.3) is 0 Å². The lowest BCUT2D eigenvalue weighted by Gasteiger charge is -2.60. The maximum atomic E-state index is 12.8. The highest BCUT2D eigenvalue weighted by atomic mass is 28.4. The molecule has 1 aromatic rings. The first kappa shape index (κ1) is 46.3. The normalized spacial score (nSPS) is 16.9. The standard InChI is InChI=1S/C45H80O3Si2/c1-20-29-36(30-25-28-33-39(46)43(13,21-2)22-3)34-47-38-32-27-26-31-37(38)41(9,10)35-44(14,23-4)45(15,24-5)50(18,19)48-42(11,12)49(16,17)40(6,7)8/h20,25-32H,21-24,33-35H2,1-19H3. The van der Waals surface area contributed by atoms with E-state index in [0.717, 1.165) is 43.4 Å². The van der Waals surface area contributed by atoms with E-state index < -0.39 is 16.4 Å². The number of benzene rings is 1. The molecule has 0 saturated heterocycles. The molecule has 0 N–H and O–H groups in total. The van der Waals surface area contributed by atoms with Crippen LogP contribution >= 0.6 is 0 Å². The molecule has 0 bridgehead atoms. The van der Waals surface area contributed by atoms with Gasteiger partial charge >= 0.3 is 0 Å². The highest BCUT2D eigenvalue weighted by Crippen LogP contribution is 2.63.